The van der Waals surface area contributed by atoms with Crippen LogP contribution >= 0.6 is 11.6 Å². The van der Waals surface area contributed by atoms with Crippen molar-refractivity contribution < 1.29 is 24.2 Å². The van der Waals surface area contributed by atoms with Gasteiger partial charge in [-0.1, -0.05) is 42.8 Å². The average Bonchev–Trinajstić information content (AvgIpc) is 2.91. The molecule has 0 unspecified atom stereocenters. The number of halogens is 1. The summed E-state index contributed by atoms with van der Waals surface area (Å²) >= 11 is 5.85. The largest absolute Gasteiger partial charge is 0.502 e. The number of aliphatic hydroxyl groups is 1. The first-order valence-electron chi connectivity index (χ1n) is 8.73. The lowest BCUT2D eigenvalue weighted by Crippen LogP contribution is -2.31. The number of imide groups is 1. The number of rotatable bonds is 6. The second kappa shape index (κ2) is 8.27. The molecule has 2 aromatic carbocycles. The van der Waals surface area contributed by atoms with E-state index < -0.39 is 23.5 Å². The van der Waals surface area contributed by atoms with Gasteiger partial charge in [0.05, 0.1) is 24.3 Å². The van der Waals surface area contributed by atoms with Gasteiger partial charge in [-0.3, -0.25) is 14.5 Å². The van der Waals surface area contributed by atoms with Crippen LogP contribution < -0.4 is 0 Å². The van der Waals surface area contributed by atoms with E-state index in [4.69, 9.17) is 16.3 Å². The summed E-state index contributed by atoms with van der Waals surface area (Å²) < 4.78 is 5.06. The van der Waals surface area contributed by atoms with Gasteiger partial charge >= 0.3 is 5.97 Å². The lowest BCUT2D eigenvalue weighted by Gasteiger charge is -2.15. The molecule has 0 saturated heterocycles. The molecule has 0 spiro atoms. The summed E-state index contributed by atoms with van der Waals surface area (Å²) in [6, 6.07) is 12.7. The summed E-state index contributed by atoms with van der Waals surface area (Å²) in [5.74, 6) is -2.37. The van der Waals surface area contributed by atoms with E-state index in [1.807, 2.05) is 6.92 Å². The molecule has 7 heteroatoms. The molecule has 0 aromatic heterocycles. The van der Waals surface area contributed by atoms with Gasteiger partial charge in [-0.2, -0.15) is 0 Å². The van der Waals surface area contributed by atoms with Gasteiger partial charge in [0.1, 0.15) is 0 Å². The van der Waals surface area contributed by atoms with Gasteiger partial charge < -0.3 is 9.84 Å². The predicted octanol–water partition coefficient (Wildman–Crippen LogP) is 3.74. The first-order chi connectivity index (χ1) is 13.4. The number of carbonyl (C=O) groups excluding carboxylic acids is 3. The molecule has 0 fully saturated rings. The Hall–Kier alpha value is -3.12. The zero-order chi connectivity index (χ0) is 20.3. The van der Waals surface area contributed by atoms with Crippen LogP contribution in [-0.4, -0.2) is 34.4 Å². The summed E-state index contributed by atoms with van der Waals surface area (Å²) in [5.41, 5.74) is 1.39. The van der Waals surface area contributed by atoms with Crippen molar-refractivity contribution in [2.45, 2.75) is 19.9 Å². The second-order valence-corrected chi connectivity index (χ2v) is 6.70. The molecule has 144 valence electrons. The molecule has 1 aliphatic rings. The van der Waals surface area contributed by atoms with Crippen molar-refractivity contribution in [1.82, 2.24) is 4.90 Å². The molecule has 0 atom stereocenters. The third-order valence-electron chi connectivity index (χ3n) is 4.24. The highest BCUT2D eigenvalue weighted by Crippen LogP contribution is 2.29. The van der Waals surface area contributed by atoms with Crippen molar-refractivity contribution in [3.63, 3.8) is 0 Å². The number of benzene rings is 2. The first-order valence-corrected chi connectivity index (χ1v) is 9.11. The van der Waals surface area contributed by atoms with Gasteiger partial charge in [0.2, 0.25) is 0 Å². The maximum absolute atomic E-state index is 12.7. The minimum atomic E-state index is -0.763. The summed E-state index contributed by atoms with van der Waals surface area (Å²) in [6.45, 7) is 2.22. The van der Waals surface area contributed by atoms with E-state index >= 15 is 0 Å². The van der Waals surface area contributed by atoms with E-state index in [9.17, 15) is 19.5 Å². The molecular formula is C21H18ClNO5. The minimum Gasteiger partial charge on any atom is -0.502 e. The molecule has 2 amide bonds. The van der Waals surface area contributed by atoms with Crippen LogP contribution in [-0.2, 0) is 20.9 Å². The highest BCUT2D eigenvalue weighted by molar-refractivity contribution is 6.35. The number of ether oxygens (including phenoxy) is 1. The van der Waals surface area contributed by atoms with Gasteiger partial charge in [-0.25, -0.2) is 4.79 Å². The fourth-order valence-electron chi connectivity index (χ4n) is 2.79. The first kappa shape index (κ1) is 19.6. The van der Waals surface area contributed by atoms with Crippen LogP contribution in [0.3, 0.4) is 0 Å². The monoisotopic (exact) mass is 399 g/mol. The summed E-state index contributed by atoms with van der Waals surface area (Å²) in [7, 11) is 0. The summed E-state index contributed by atoms with van der Waals surface area (Å²) in [6.07, 6.45) is 0.732. The third-order valence-corrected chi connectivity index (χ3v) is 4.50. The molecule has 1 N–H and O–H groups in total. The highest BCUT2D eigenvalue weighted by Gasteiger charge is 2.39. The van der Waals surface area contributed by atoms with Crippen LogP contribution in [0.5, 0.6) is 0 Å². The van der Waals surface area contributed by atoms with Gasteiger partial charge in [0.25, 0.3) is 11.8 Å². The molecule has 6 nitrogen and oxygen atoms in total. The smallest absolute Gasteiger partial charge is 0.338 e. The van der Waals surface area contributed by atoms with Crippen LogP contribution in [0.15, 0.2) is 54.3 Å². The van der Waals surface area contributed by atoms with E-state index in [1.54, 1.807) is 48.5 Å². The predicted molar refractivity (Wildman–Crippen MR) is 104 cm³/mol. The number of nitrogens with zero attached hydrogens (tertiary/aromatic N) is 1. The number of amides is 2. The van der Waals surface area contributed by atoms with E-state index in [1.165, 1.54) is 0 Å². The van der Waals surface area contributed by atoms with E-state index in [-0.39, 0.29) is 12.1 Å². The third kappa shape index (κ3) is 3.92. The maximum Gasteiger partial charge on any atom is 0.338 e. The quantitative estimate of drug-likeness (QED) is 0.590. The Kier molecular flexibility index (Phi) is 5.80. The molecular weight excluding hydrogens is 382 g/mol. The minimum absolute atomic E-state index is 0.0247. The Morgan fingerprint density at radius 2 is 1.68 bits per heavy atom. The number of hydrogen-bond acceptors (Lipinski definition) is 5. The lowest BCUT2D eigenvalue weighted by molar-refractivity contribution is -0.138. The summed E-state index contributed by atoms with van der Waals surface area (Å²) in [4.78, 5) is 37.9. The molecule has 0 aliphatic carbocycles. The number of aliphatic hydroxyl groups excluding tert-OH is 1. The second-order valence-electron chi connectivity index (χ2n) is 6.26. The fourth-order valence-corrected chi connectivity index (χ4v) is 2.92. The zero-order valence-corrected chi connectivity index (χ0v) is 15.9. The van der Waals surface area contributed by atoms with Gasteiger partial charge in [0.15, 0.2) is 5.76 Å². The van der Waals surface area contributed by atoms with Crippen LogP contribution in [0.2, 0.25) is 5.02 Å². The highest BCUT2D eigenvalue weighted by atomic mass is 35.5. The molecule has 28 heavy (non-hydrogen) atoms. The van der Waals surface area contributed by atoms with E-state index in [2.05, 4.69) is 0 Å². The Morgan fingerprint density at radius 1 is 1.04 bits per heavy atom. The van der Waals surface area contributed by atoms with Crippen molar-refractivity contribution >= 4 is 35.0 Å². The molecule has 2 aromatic rings. The molecule has 1 aliphatic heterocycles. The van der Waals surface area contributed by atoms with E-state index in [0.717, 1.165) is 11.3 Å². The Labute approximate surface area is 167 Å². The van der Waals surface area contributed by atoms with Crippen molar-refractivity contribution in [2.24, 2.45) is 0 Å². The van der Waals surface area contributed by atoms with E-state index in [0.29, 0.717) is 28.3 Å². The van der Waals surface area contributed by atoms with Gasteiger partial charge in [-0.05, 0) is 41.8 Å². The normalized spacial score (nSPS) is 14.0. The Morgan fingerprint density at radius 3 is 2.29 bits per heavy atom. The van der Waals surface area contributed by atoms with Crippen LogP contribution in [0.1, 0.15) is 34.8 Å². The van der Waals surface area contributed by atoms with Crippen molar-refractivity contribution in [3.8, 4) is 0 Å². The van der Waals surface area contributed by atoms with Crippen LogP contribution in [0.25, 0.3) is 5.57 Å². The zero-order valence-electron chi connectivity index (χ0n) is 15.1. The molecule has 1 heterocycles. The van der Waals surface area contributed by atoms with Crippen molar-refractivity contribution in [3.05, 3.63) is 76.0 Å². The van der Waals surface area contributed by atoms with Gasteiger partial charge in [-0.15, -0.1) is 0 Å². The lowest BCUT2D eigenvalue weighted by atomic mass is 10.1. The molecule has 0 bridgehead atoms. The number of esters is 1. The van der Waals surface area contributed by atoms with Crippen LogP contribution in [0.4, 0.5) is 0 Å². The van der Waals surface area contributed by atoms with Gasteiger partial charge in [0, 0.05) is 5.02 Å². The van der Waals surface area contributed by atoms with Crippen molar-refractivity contribution in [2.75, 3.05) is 6.61 Å². The number of hydrogen-bond donors (Lipinski definition) is 1. The SMILES string of the molecule is CCCOC(=O)c1ccc(CN2C(=O)C(O)=C(c3ccc(Cl)cc3)C2=O)cc1. The fraction of sp³-hybridized carbons (Fsp3) is 0.190. The molecule has 0 radical (unpaired) electrons. The molecule has 3 rings (SSSR count). The maximum atomic E-state index is 12.7. The number of carbonyl (C=O) groups is 3. The topological polar surface area (TPSA) is 83.9 Å². The molecule has 0 saturated carbocycles. The van der Waals surface area contributed by atoms with Crippen molar-refractivity contribution in [1.29, 1.82) is 0 Å². The Balaban J connectivity index is 1.75. The summed E-state index contributed by atoms with van der Waals surface area (Å²) in [5, 5.41) is 10.7. The van der Waals surface area contributed by atoms with Crippen LogP contribution in [0, 0.1) is 0 Å². The Bertz CT molecular complexity index is 948. The average molecular weight is 400 g/mol. The standard InChI is InChI=1S/C21H18ClNO5/c1-2-11-28-21(27)15-5-3-13(4-6-15)12-23-19(25)17(18(24)20(23)26)14-7-9-16(22)10-8-14/h3-10,24H,2,11-12H2,1H3.